The Morgan fingerprint density at radius 1 is 1.12 bits per heavy atom. The van der Waals surface area contributed by atoms with E-state index < -0.39 is 17.6 Å². The summed E-state index contributed by atoms with van der Waals surface area (Å²) in [6.07, 6.45) is 0. The van der Waals surface area contributed by atoms with Crippen molar-refractivity contribution in [3.8, 4) is 5.69 Å². The zero-order valence-electron chi connectivity index (χ0n) is 16.8. The number of ether oxygens (including phenoxy) is 1. The van der Waals surface area contributed by atoms with Crippen LogP contribution in [0.15, 0.2) is 64.8 Å². The Morgan fingerprint density at radius 2 is 1.91 bits per heavy atom. The van der Waals surface area contributed by atoms with E-state index in [1.807, 2.05) is 0 Å². The molecule has 0 saturated carbocycles. The third-order valence-electron chi connectivity index (χ3n) is 4.43. The smallest absolute Gasteiger partial charge is 0.359 e. The predicted octanol–water partition coefficient (Wildman–Crippen LogP) is 4.92. The fraction of sp³-hybridized carbons (Fsp3) is 0.0909. The van der Waals surface area contributed by atoms with Gasteiger partial charge in [0.25, 0.3) is 5.56 Å². The highest BCUT2D eigenvalue weighted by atomic mass is 35.5. The third-order valence-corrected chi connectivity index (χ3v) is 5.56. The van der Waals surface area contributed by atoms with E-state index in [0.29, 0.717) is 21.8 Å². The molecule has 0 unspecified atom stereocenters. The molecule has 0 saturated heterocycles. The van der Waals surface area contributed by atoms with E-state index in [4.69, 9.17) is 16.3 Å². The fourth-order valence-corrected chi connectivity index (χ4v) is 4.19. The maximum atomic E-state index is 13.3. The average molecular weight is 469 g/mol. The number of fused-ring (bicyclic) bond motifs is 1. The lowest BCUT2D eigenvalue weighted by molar-refractivity contribution is 0.0520. The minimum atomic E-state index is -0.657. The average Bonchev–Trinajstić information content (AvgIpc) is 3.18. The number of aromatic nitrogens is 2. The van der Waals surface area contributed by atoms with Gasteiger partial charge in [-0.1, -0.05) is 35.9 Å². The first kappa shape index (κ1) is 21.5. The summed E-state index contributed by atoms with van der Waals surface area (Å²) in [5.41, 5.74) is 0.486. The van der Waals surface area contributed by atoms with Gasteiger partial charge in [0, 0.05) is 21.5 Å². The largest absolute Gasteiger partial charge is 0.461 e. The van der Waals surface area contributed by atoms with E-state index >= 15 is 0 Å². The number of benzene rings is 2. The number of para-hydroxylation sites is 1. The Hall–Kier alpha value is -3.69. The van der Waals surface area contributed by atoms with E-state index in [9.17, 15) is 14.4 Å². The summed E-state index contributed by atoms with van der Waals surface area (Å²) in [5, 5.41) is 12.4. The Kier molecular flexibility index (Phi) is 6.20. The molecule has 0 aliphatic heterocycles. The summed E-state index contributed by atoms with van der Waals surface area (Å²) < 4.78 is 6.25. The molecule has 0 radical (unpaired) electrons. The number of amides is 2. The van der Waals surface area contributed by atoms with E-state index in [-0.39, 0.29) is 22.7 Å². The highest BCUT2D eigenvalue weighted by molar-refractivity contribution is 7.16. The molecular weight excluding hydrogens is 452 g/mol. The minimum Gasteiger partial charge on any atom is -0.461 e. The highest BCUT2D eigenvalue weighted by Gasteiger charge is 2.23. The number of rotatable bonds is 5. The molecule has 0 bridgehead atoms. The van der Waals surface area contributed by atoms with Gasteiger partial charge in [0.1, 0.15) is 5.00 Å². The quantitative estimate of drug-likeness (QED) is 0.405. The number of halogens is 1. The van der Waals surface area contributed by atoms with Crippen molar-refractivity contribution in [3.05, 3.63) is 81.0 Å². The maximum Gasteiger partial charge on any atom is 0.359 e. The zero-order chi connectivity index (χ0) is 22.7. The SMILES string of the molecule is CCOC(=O)c1nn(-c2ccccc2)c(=O)c2c(NC(=O)Nc3cccc(Cl)c3)scc12. The van der Waals surface area contributed by atoms with Crippen LogP contribution in [0.4, 0.5) is 15.5 Å². The Balaban J connectivity index is 1.79. The monoisotopic (exact) mass is 468 g/mol. The zero-order valence-corrected chi connectivity index (χ0v) is 18.4. The van der Waals surface area contributed by atoms with Crippen molar-refractivity contribution in [1.82, 2.24) is 9.78 Å². The Morgan fingerprint density at radius 3 is 2.62 bits per heavy atom. The van der Waals surface area contributed by atoms with E-state index in [0.717, 1.165) is 16.0 Å². The standard InChI is InChI=1S/C22H17ClN4O4S/c1-2-31-21(29)18-16-12-32-19(25-22(30)24-14-8-6-7-13(23)11-14)17(16)20(28)27(26-18)15-9-4-3-5-10-15/h3-12H,2H2,1H3,(H2,24,25,30). The molecule has 0 atom stereocenters. The first-order chi connectivity index (χ1) is 15.5. The van der Waals surface area contributed by atoms with Crippen LogP contribution in [0, 0.1) is 0 Å². The molecule has 2 aromatic heterocycles. The number of anilines is 2. The molecule has 4 rings (SSSR count). The number of nitrogens with zero attached hydrogens (tertiary/aromatic N) is 2. The van der Waals surface area contributed by atoms with Crippen LogP contribution in [-0.4, -0.2) is 28.4 Å². The van der Waals surface area contributed by atoms with Crippen molar-refractivity contribution >= 4 is 56.4 Å². The Bertz CT molecular complexity index is 1370. The van der Waals surface area contributed by atoms with Crippen LogP contribution in [0.25, 0.3) is 16.5 Å². The number of hydrogen-bond acceptors (Lipinski definition) is 6. The van der Waals surface area contributed by atoms with Crippen LogP contribution < -0.4 is 16.2 Å². The molecule has 162 valence electrons. The second kappa shape index (κ2) is 9.21. The third kappa shape index (κ3) is 4.34. The van der Waals surface area contributed by atoms with E-state index in [1.165, 1.54) is 0 Å². The van der Waals surface area contributed by atoms with E-state index in [2.05, 4.69) is 15.7 Å². The molecule has 4 aromatic rings. The van der Waals surface area contributed by atoms with Crippen molar-refractivity contribution < 1.29 is 14.3 Å². The lowest BCUT2D eigenvalue weighted by Gasteiger charge is -2.10. The van der Waals surface area contributed by atoms with Crippen molar-refractivity contribution in [2.45, 2.75) is 6.92 Å². The summed E-state index contributed by atoms with van der Waals surface area (Å²) in [5.74, 6) is -0.657. The highest BCUT2D eigenvalue weighted by Crippen LogP contribution is 2.31. The predicted molar refractivity (Wildman–Crippen MR) is 125 cm³/mol. The number of thiophene rings is 1. The molecule has 0 fully saturated rings. The molecule has 2 aromatic carbocycles. The molecule has 2 heterocycles. The van der Waals surface area contributed by atoms with Crippen LogP contribution in [0.2, 0.25) is 5.02 Å². The lowest BCUT2D eigenvalue weighted by atomic mass is 10.2. The maximum absolute atomic E-state index is 13.3. The van der Waals surface area contributed by atoms with Gasteiger partial charge in [-0.2, -0.15) is 9.78 Å². The van der Waals surface area contributed by atoms with E-state index in [1.54, 1.807) is 66.9 Å². The summed E-state index contributed by atoms with van der Waals surface area (Å²) in [4.78, 5) is 38.4. The number of carbonyl (C=O) groups is 2. The van der Waals surface area contributed by atoms with Crippen LogP contribution >= 0.6 is 22.9 Å². The first-order valence-corrected chi connectivity index (χ1v) is 10.8. The van der Waals surface area contributed by atoms with Gasteiger partial charge >= 0.3 is 12.0 Å². The van der Waals surface area contributed by atoms with Gasteiger partial charge in [0.15, 0.2) is 5.69 Å². The van der Waals surface area contributed by atoms with Crippen molar-refractivity contribution in [3.63, 3.8) is 0 Å². The second-order valence-electron chi connectivity index (χ2n) is 6.56. The normalized spacial score (nSPS) is 10.7. The number of nitrogens with one attached hydrogen (secondary N) is 2. The molecule has 0 aliphatic rings. The number of hydrogen-bond donors (Lipinski definition) is 2. The molecule has 0 aliphatic carbocycles. The summed E-state index contributed by atoms with van der Waals surface area (Å²) in [6, 6.07) is 14.8. The molecule has 10 heteroatoms. The lowest BCUT2D eigenvalue weighted by Crippen LogP contribution is -2.26. The Labute approximate surface area is 191 Å². The minimum absolute atomic E-state index is 0.00940. The molecule has 8 nitrogen and oxygen atoms in total. The number of urea groups is 1. The van der Waals surface area contributed by atoms with Gasteiger partial charge in [-0.15, -0.1) is 11.3 Å². The van der Waals surface area contributed by atoms with Gasteiger partial charge in [-0.25, -0.2) is 9.59 Å². The molecule has 2 N–H and O–H groups in total. The van der Waals surface area contributed by atoms with Crippen molar-refractivity contribution in [2.75, 3.05) is 17.2 Å². The summed E-state index contributed by atoms with van der Waals surface area (Å²) in [6.45, 7) is 1.84. The molecular formula is C22H17ClN4O4S. The van der Waals surface area contributed by atoms with Crippen LogP contribution in [-0.2, 0) is 4.74 Å². The summed E-state index contributed by atoms with van der Waals surface area (Å²) >= 11 is 7.07. The number of carbonyl (C=O) groups excluding carboxylic acids is 2. The van der Waals surface area contributed by atoms with Gasteiger partial charge in [-0.05, 0) is 37.3 Å². The number of esters is 1. The second-order valence-corrected chi connectivity index (χ2v) is 7.88. The first-order valence-electron chi connectivity index (χ1n) is 9.58. The molecule has 2 amide bonds. The topological polar surface area (TPSA) is 102 Å². The van der Waals surface area contributed by atoms with Gasteiger partial charge in [-0.3, -0.25) is 10.1 Å². The van der Waals surface area contributed by atoms with Crippen LogP contribution in [0.1, 0.15) is 17.4 Å². The van der Waals surface area contributed by atoms with Gasteiger partial charge < -0.3 is 10.1 Å². The van der Waals surface area contributed by atoms with Crippen molar-refractivity contribution in [1.29, 1.82) is 0 Å². The molecule has 32 heavy (non-hydrogen) atoms. The van der Waals surface area contributed by atoms with Crippen molar-refractivity contribution in [2.24, 2.45) is 0 Å². The van der Waals surface area contributed by atoms with Gasteiger partial charge in [0.2, 0.25) is 0 Å². The fourth-order valence-electron chi connectivity index (χ4n) is 3.07. The molecule has 0 spiro atoms. The van der Waals surface area contributed by atoms with Crippen LogP contribution in [0.3, 0.4) is 0 Å². The van der Waals surface area contributed by atoms with Crippen LogP contribution in [0.5, 0.6) is 0 Å². The van der Waals surface area contributed by atoms with Gasteiger partial charge in [0.05, 0.1) is 17.7 Å². The summed E-state index contributed by atoms with van der Waals surface area (Å²) in [7, 11) is 0.